The highest BCUT2D eigenvalue weighted by atomic mass is 32.1. The second kappa shape index (κ2) is 6.27. The number of urea groups is 1. The molecule has 1 aromatic heterocycles. The zero-order valence-electron chi connectivity index (χ0n) is 11.2. The number of imide groups is 1. The van der Waals surface area contributed by atoms with E-state index in [9.17, 15) is 9.59 Å². The zero-order chi connectivity index (χ0) is 15.4. The molecule has 0 bridgehead atoms. The summed E-state index contributed by atoms with van der Waals surface area (Å²) in [4.78, 5) is 27.6. The van der Waals surface area contributed by atoms with Gasteiger partial charge in [0.05, 0.1) is 0 Å². The molecule has 0 radical (unpaired) electrons. The molecule has 0 spiro atoms. The number of hydrogen-bond acceptors (Lipinski definition) is 6. The number of rotatable bonds is 3. The largest absolute Gasteiger partial charge is 0.461 e. The number of nitrogens with one attached hydrogen (secondary N) is 2. The molecule has 1 aliphatic rings. The van der Waals surface area contributed by atoms with Crippen LogP contribution in [-0.4, -0.2) is 23.7 Å². The number of amides is 3. The predicted molar refractivity (Wildman–Crippen MR) is 79.8 cm³/mol. The van der Waals surface area contributed by atoms with E-state index in [0.717, 1.165) is 16.8 Å². The van der Waals surface area contributed by atoms with Crippen LogP contribution < -0.4 is 10.6 Å². The second-order valence-electron chi connectivity index (χ2n) is 4.24. The van der Waals surface area contributed by atoms with Crippen LogP contribution in [0.4, 0.5) is 10.5 Å². The van der Waals surface area contributed by atoms with E-state index in [0.29, 0.717) is 5.69 Å². The van der Waals surface area contributed by atoms with Gasteiger partial charge in [0.1, 0.15) is 11.3 Å². The first-order chi connectivity index (χ1) is 10.7. The lowest BCUT2D eigenvalue weighted by atomic mass is 10.2. The SMILES string of the molecule is O=C(NC(=O)C1=COCO1)Nc1cccc(-c2nccs2)c1. The third kappa shape index (κ3) is 3.23. The Morgan fingerprint density at radius 3 is 2.95 bits per heavy atom. The van der Waals surface area contributed by atoms with Crippen molar-refractivity contribution in [1.82, 2.24) is 10.3 Å². The standard InChI is InChI=1S/C14H11N3O4S/c18-12(11-7-20-8-21-11)17-14(19)16-10-3-1-2-9(6-10)13-15-4-5-22-13/h1-7H,8H2,(H2,16,17,18,19). The van der Waals surface area contributed by atoms with E-state index in [2.05, 4.69) is 15.6 Å². The first-order valence-corrected chi connectivity index (χ1v) is 7.17. The van der Waals surface area contributed by atoms with Crippen LogP contribution in [0.3, 0.4) is 0 Å². The molecule has 3 amide bonds. The lowest BCUT2D eigenvalue weighted by Gasteiger charge is -2.07. The van der Waals surface area contributed by atoms with Crippen molar-refractivity contribution in [3.63, 3.8) is 0 Å². The van der Waals surface area contributed by atoms with Crippen LogP contribution in [0.5, 0.6) is 0 Å². The number of benzene rings is 1. The molecule has 2 heterocycles. The average Bonchev–Trinajstić information content (AvgIpc) is 3.21. The van der Waals surface area contributed by atoms with E-state index in [-0.39, 0.29) is 12.6 Å². The Morgan fingerprint density at radius 2 is 2.23 bits per heavy atom. The minimum atomic E-state index is -0.661. The number of hydrogen-bond donors (Lipinski definition) is 2. The molecule has 22 heavy (non-hydrogen) atoms. The van der Waals surface area contributed by atoms with Crippen LogP contribution in [-0.2, 0) is 14.3 Å². The average molecular weight is 317 g/mol. The molecule has 0 unspecified atom stereocenters. The fourth-order valence-corrected chi connectivity index (χ4v) is 2.42. The maximum atomic E-state index is 11.8. The Kier molecular flexibility index (Phi) is 4.01. The summed E-state index contributed by atoms with van der Waals surface area (Å²) in [6.45, 7) is -0.0275. The molecule has 1 aliphatic heterocycles. The van der Waals surface area contributed by atoms with E-state index in [1.54, 1.807) is 24.4 Å². The second-order valence-corrected chi connectivity index (χ2v) is 5.13. The Labute approximate surface area is 129 Å². The van der Waals surface area contributed by atoms with E-state index in [1.165, 1.54) is 11.3 Å². The molecule has 7 nitrogen and oxygen atoms in total. The van der Waals surface area contributed by atoms with Crippen molar-refractivity contribution in [1.29, 1.82) is 0 Å². The molecule has 8 heteroatoms. The van der Waals surface area contributed by atoms with Crippen molar-refractivity contribution < 1.29 is 19.1 Å². The van der Waals surface area contributed by atoms with Gasteiger partial charge in [0.15, 0.2) is 0 Å². The van der Waals surface area contributed by atoms with Crippen molar-refractivity contribution in [3.8, 4) is 10.6 Å². The first-order valence-electron chi connectivity index (χ1n) is 6.29. The smallest absolute Gasteiger partial charge is 0.326 e. The molecule has 0 aliphatic carbocycles. The van der Waals surface area contributed by atoms with Crippen molar-refractivity contribution in [2.24, 2.45) is 0 Å². The molecule has 2 aromatic rings. The molecule has 0 saturated heterocycles. The number of ether oxygens (including phenoxy) is 2. The summed E-state index contributed by atoms with van der Waals surface area (Å²) in [6.07, 6.45) is 2.87. The first kappa shape index (κ1) is 14.1. The van der Waals surface area contributed by atoms with Crippen LogP contribution in [0, 0.1) is 0 Å². The minimum Gasteiger partial charge on any atom is -0.461 e. The van der Waals surface area contributed by atoms with Crippen molar-refractivity contribution in [3.05, 3.63) is 47.9 Å². The Hall–Kier alpha value is -2.87. The maximum absolute atomic E-state index is 11.8. The van der Waals surface area contributed by atoms with Crippen LogP contribution in [0.1, 0.15) is 0 Å². The molecule has 0 saturated carbocycles. The topological polar surface area (TPSA) is 89.6 Å². The molecule has 2 N–H and O–H groups in total. The highest BCUT2D eigenvalue weighted by molar-refractivity contribution is 7.13. The number of anilines is 1. The predicted octanol–water partition coefficient (Wildman–Crippen LogP) is 2.30. The fraction of sp³-hybridized carbons (Fsp3) is 0.0714. The normalized spacial score (nSPS) is 12.8. The summed E-state index contributed by atoms with van der Waals surface area (Å²) in [5, 5.41) is 7.45. The van der Waals surface area contributed by atoms with Gasteiger partial charge in [-0.3, -0.25) is 10.1 Å². The van der Waals surface area contributed by atoms with Crippen LogP contribution >= 0.6 is 11.3 Å². The number of carbonyl (C=O) groups excluding carboxylic acids is 2. The summed E-state index contributed by atoms with van der Waals surface area (Å²) in [7, 11) is 0. The van der Waals surface area contributed by atoms with Crippen LogP contribution in [0.25, 0.3) is 10.6 Å². The van der Waals surface area contributed by atoms with Gasteiger partial charge in [-0.1, -0.05) is 12.1 Å². The molecule has 3 rings (SSSR count). The van der Waals surface area contributed by atoms with Gasteiger partial charge in [0.25, 0.3) is 5.91 Å². The van der Waals surface area contributed by atoms with Gasteiger partial charge in [-0.2, -0.15) is 0 Å². The van der Waals surface area contributed by atoms with E-state index >= 15 is 0 Å². The van der Waals surface area contributed by atoms with Gasteiger partial charge in [0, 0.05) is 22.8 Å². The molecule has 1 aromatic carbocycles. The number of nitrogens with zero attached hydrogens (tertiary/aromatic N) is 1. The van der Waals surface area contributed by atoms with Gasteiger partial charge in [-0.05, 0) is 12.1 Å². The quantitative estimate of drug-likeness (QED) is 0.906. The molecular formula is C14H11N3O4S. The Balaban J connectivity index is 1.64. The molecular weight excluding hydrogens is 306 g/mol. The zero-order valence-corrected chi connectivity index (χ0v) is 12.1. The third-order valence-corrected chi connectivity index (χ3v) is 3.55. The lowest BCUT2D eigenvalue weighted by Crippen LogP contribution is -2.35. The number of carbonyl (C=O) groups is 2. The molecule has 0 fully saturated rings. The summed E-state index contributed by atoms with van der Waals surface area (Å²) >= 11 is 1.50. The highest BCUT2D eigenvalue weighted by Gasteiger charge is 2.18. The third-order valence-electron chi connectivity index (χ3n) is 2.72. The van der Waals surface area contributed by atoms with Gasteiger partial charge in [-0.25, -0.2) is 9.78 Å². The monoisotopic (exact) mass is 317 g/mol. The summed E-state index contributed by atoms with van der Waals surface area (Å²) < 4.78 is 9.63. The summed E-state index contributed by atoms with van der Waals surface area (Å²) in [6, 6.07) is 6.52. The van der Waals surface area contributed by atoms with Crippen LogP contribution in [0.2, 0.25) is 0 Å². The van der Waals surface area contributed by atoms with E-state index < -0.39 is 11.9 Å². The molecule has 0 atom stereocenters. The van der Waals surface area contributed by atoms with Gasteiger partial charge >= 0.3 is 6.03 Å². The van der Waals surface area contributed by atoms with Gasteiger partial charge in [-0.15, -0.1) is 11.3 Å². The molecule has 112 valence electrons. The summed E-state index contributed by atoms with van der Waals surface area (Å²) in [5.74, 6) is -0.697. The lowest BCUT2D eigenvalue weighted by molar-refractivity contribution is -0.119. The van der Waals surface area contributed by atoms with E-state index in [4.69, 9.17) is 9.47 Å². The van der Waals surface area contributed by atoms with Crippen molar-refractivity contribution >= 4 is 29.0 Å². The number of aromatic nitrogens is 1. The minimum absolute atomic E-state index is 0.0275. The maximum Gasteiger partial charge on any atom is 0.326 e. The fourth-order valence-electron chi connectivity index (χ4n) is 1.78. The van der Waals surface area contributed by atoms with Crippen molar-refractivity contribution in [2.75, 3.05) is 12.1 Å². The highest BCUT2D eigenvalue weighted by Crippen LogP contribution is 2.24. The Morgan fingerprint density at radius 1 is 1.32 bits per heavy atom. The van der Waals surface area contributed by atoms with Crippen molar-refractivity contribution in [2.45, 2.75) is 0 Å². The van der Waals surface area contributed by atoms with Gasteiger partial charge in [0.2, 0.25) is 12.6 Å². The Bertz CT molecular complexity index is 727. The summed E-state index contributed by atoms with van der Waals surface area (Å²) in [5.41, 5.74) is 1.44. The van der Waals surface area contributed by atoms with Gasteiger partial charge < -0.3 is 14.8 Å². The number of thiazole rings is 1. The van der Waals surface area contributed by atoms with E-state index in [1.807, 2.05) is 11.4 Å². The van der Waals surface area contributed by atoms with Crippen LogP contribution in [0.15, 0.2) is 47.9 Å².